The van der Waals surface area contributed by atoms with Gasteiger partial charge in [-0.2, -0.15) is 0 Å². The maximum absolute atomic E-state index is 11.6. The van der Waals surface area contributed by atoms with Crippen LogP contribution >= 0.6 is 0 Å². The summed E-state index contributed by atoms with van der Waals surface area (Å²) in [6, 6.07) is 0. The van der Waals surface area contributed by atoms with Crippen LogP contribution in [0.4, 0.5) is 0 Å². The van der Waals surface area contributed by atoms with Crippen molar-refractivity contribution in [3.8, 4) is 0 Å². The minimum atomic E-state index is -1.80. The van der Waals surface area contributed by atoms with Gasteiger partial charge in [0.25, 0.3) is 0 Å². The van der Waals surface area contributed by atoms with E-state index in [1.165, 1.54) is 51.4 Å². The number of carbonyl (C=O) groups excluding carboxylic acids is 2. The SMILES string of the molecule is CCCCCCCCCCC(CCCCCCCCCC)(C(=O)[O-])C(=O)[O-].[K+].[Na+]. The third-order valence-corrected chi connectivity index (χ3v) is 5.70. The van der Waals surface area contributed by atoms with Crippen molar-refractivity contribution in [3.63, 3.8) is 0 Å². The van der Waals surface area contributed by atoms with E-state index in [0.717, 1.165) is 38.5 Å². The number of carbonyl (C=O) groups is 2. The third kappa shape index (κ3) is 17.8. The number of carboxylic acids is 2. The van der Waals surface area contributed by atoms with Gasteiger partial charge in [-0.25, -0.2) is 0 Å². The minimum Gasteiger partial charge on any atom is -0.549 e. The van der Waals surface area contributed by atoms with Crippen molar-refractivity contribution < 1.29 is 101 Å². The van der Waals surface area contributed by atoms with Gasteiger partial charge < -0.3 is 19.8 Å². The second-order valence-corrected chi connectivity index (χ2v) is 8.11. The summed E-state index contributed by atoms with van der Waals surface area (Å²) in [5.74, 6) is -2.93. The minimum absolute atomic E-state index is 0. The summed E-state index contributed by atoms with van der Waals surface area (Å²) in [4.78, 5) is 23.2. The molecule has 0 aromatic carbocycles. The third-order valence-electron chi connectivity index (χ3n) is 5.70. The number of aliphatic carboxylic acids is 2. The molecule has 0 unspecified atom stereocenters. The Morgan fingerprint density at radius 3 is 1.03 bits per heavy atom. The maximum atomic E-state index is 11.6. The monoisotopic (exact) mass is 444 g/mol. The zero-order valence-corrected chi connectivity index (χ0v) is 25.0. The average Bonchev–Trinajstić information content (AvgIpc) is 2.63. The first kappa shape index (κ1) is 35.2. The van der Waals surface area contributed by atoms with E-state index in [-0.39, 0.29) is 93.8 Å². The molecule has 29 heavy (non-hydrogen) atoms. The molecule has 0 N–H and O–H groups in total. The molecule has 0 aliphatic rings. The van der Waals surface area contributed by atoms with E-state index >= 15 is 0 Å². The van der Waals surface area contributed by atoms with Crippen molar-refractivity contribution in [2.24, 2.45) is 5.41 Å². The molecule has 0 rings (SSSR count). The van der Waals surface area contributed by atoms with Gasteiger partial charge in [-0.05, 0) is 12.8 Å². The van der Waals surface area contributed by atoms with Gasteiger partial charge in [0.1, 0.15) is 0 Å². The normalized spacial score (nSPS) is 10.8. The second-order valence-electron chi connectivity index (χ2n) is 8.11. The molecular formula is C23H42KNaO4. The van der Waals surface area contributed by atoms with Crippen LogP contribution in [0.2, 0.25) is 0 Å². The van der Waals surface area contributed by atoms with E-state index in [9.17, 15) is 19.8 Å². The summed E-state index contributed by atoms with van der Waals surface area (Å²) in [6.45, 7) is 4.37. The summed E-state index contributed by atoms with van der Waals surface area (Å²) in [5.41, 5.74) is -1.80. The van der Waals surface area contributed by atoms with Gasteiger partial charge in [0.2, 0.25) is 0 Å². The molecule has 0 heterocycles. The van der Waals surface area contributed by atoms with E-state index in [4.69, 9.17) is 0 Å². The molecule has 0 fully saturated rings. The van der Waals surface area contributed by atoms with E-state index in [1.807, 2.05) is 0 Å². The summed E-state index contributed by atoms with van der Waals surface area (Å²) in [7, 11) is 0. The zero-order valence-electron chi connectivity index (χ0n) is 19.9. The predicted octanol–water partition coefficient (Wildman–Crippen LogP) is -1.46. The van der Waals surface area contributed by atoms with Crippen molar-refractivity contribution in [1.82, 2.24) is 0 Å². The molecule has 0 aromatic heterocycles. The Bertz CT molecular complexity index is 355. The molecule has 0 amide bonds. The fourth-order valence-electron chi connectivity index (χ4n) is 3.74. The molecule has 0 spiro atoms. The first-order chi connectivity index (χ1) is 13.0. The Hall–Kier alpha value is 1.58. The van der Waals surface area contributed by atoms with Crippen LogP contribution in [-0.4, -0.2) is 11.9 Å². The van der Waals surface area contributed by atoms with Crippen molar-refractivity contribution in [2.75, 3.05) is 0 Å². The van der Waals surface area contributed by atoms with Crippen LogP contribution < -0.4 is 91.2 Å². The molecule has 160 valence electrons. The van der Waals surface area contributed by atoms with Gasteiger partial charge in [-0.15, -0.1) is 0 Å². The standard InChI is InChI=1S/C23H44O4.K.Na/c1-3-5-7-9-11-13-15-17-19-23(21(24)25,22(26)27)20-18-16-14-12-10-8-6-4-2;;/h3-20H2,1-2H3,(H,24,25)(H,26,27);;/q;2*+1/p-2. The van der Waals surface area contributed by atoms with Gasteiger partial charge >= 0.3 is 80.9 Å². The molecule has 0 atom stereocenters. The van der Waals surface area contributed by atoms with Crippen LogP contribution in [0.25, 0.3) is 0 Å². The molecule has 0 bridgehead atoms. The van der Waals surface area contributed by atoms with Crippen molar-refractivity contribution in [1.29, 1.82) is 0 Å². The van der Waals surface area contributed by atoms with Crippen LogP contribution in [-0.2, 0) is 9.59 Å². The van der Waals surface area contributed by atoms with Crippen LogP contribution in [0.3, 0.4) is 0 Å². The number of carboxylic acid groups (broad SMARTS) is 2. The average molecular weight is 445 g/mol. The molecular weight excluding hydrogens is 402 g/mol. The fourth-order valence-corrected chi connectivity index (χ4v) is 3.74. The van der Waals surface area contributed by atoms with Crippen LogP contribution in [0, 0.1) is 5.41 Å². The van der Waals surface area contributed by atoms with Gasteiger partial charge in [-0.3, -0.25) is 0 Å². The smallest absolute Gasteiger partial charge is 0.549 e. The van der Waals surface area contributed by atoms with Crippen molar-refractivity contribution in [2.45, 2.75) is 129 Å². The Kier molecular flexibility index (Phi) is 29.4. The molecule has 0 radical (unpaired) electrons. The van der Waals surface area contributed by atoms with Gasteiger partial charge in [0.05, 0.1) is 11.9 Å². The Morgan fingerprint density at radius 1 is 0.552 bits per heavy atom. The van der Waals surface area contributed by atoms with Crippen LogP contribution in [0.5, 0.6) is 0 Å². The zero-order chi connectivity index (χ0) is 20.4. The summed E-state index contributed by atoms with van der Waals surface area (Å²) in [5, 5.41) is 23.2. The summed E-state index contributed by atoms with van der Waals surface area (Å²) in [6.07, 6.45) is 17.5. The van der Waals surface area contributed by atoms with E-state index in [0.29, 0.717) is 12.8 Å². The summed E-state index contributed by atoms with van der Waals surface area (Å²) < 4.78 is 0. The quantitative estimate of drug-likeness (QED) is 0.131. The first-order valence-corrected chi connectivity index (χ1v) is 11.4. The molecule has 6 heteroatoms. The number of hydrogen-bond acceptors (Lipinski definition) is 4. The largest absolute Gasteiger partial charge is 1.00 e. The molecule has 4 nitrogen and oxygen atoms in total. The topological polar surface area (TPSA) is 80.3 Å². The molecule has 0 saturated heterocycles. The molecule has 0 saturated carbocycles. The number of hydrogen-bond donors (Lipinski definition) is 0. The van der Waals surface area contributed by atoms with Crippen molar-refractivity contribution in [3.05, 3.63) is 0 Å². The van der Waals surface area contributed by atoms with Gasteiger partial charge in [-0.1, -0.05) is 117 Å². The summed E-state index contributed by atoms with van der Waals surface area (Å²) >= 11 is 0. The number of rotatable bonds is 20. The Morgan fingerprint density at radius 2 is 0.793 bits per heavy atom. The molecule has 0 aromatic rings. The van der Waals surface area contributed by atoms with Crippen molar-refractivity contribution >= 4 is 11.9 Å². The van der Waals surface area contributed by atoms with Crippen LogP contribution in [0.1, 0.15) is 129 Å². The molecule has 0 aliphatic heterocycles. The van der Waals surface area contributed by atoms with E-state index in [1.54, 1.807) is 0 Å². The van der Waals surface area contributed by atoms with Gasteiger partial charge in [0.15, 0.2) is 0 Å². The van der Waals surface area contributed by atoms with Crippen LogP contribution in [0.15, 0.2) is 0 Å². The molecule has 0 aliphatic carbocycles. The second kappa shape index (κ2) is 24.2. The van der Waals surface area contributed by atoms with E-state index < -0.39 is 17.4 Å². The maximum Gasteiger partial charge on any atom is 1.00 e. The fraction of sp³-hybridized carbons (Fsp3) is 0.913. The first-order valence-electron chi connectivity index (χ1n) is 11.4. The number of unbranched alkanes of at least 4 members (excludes halogenated alkanes) is 14. The predicted molar refractivity (Wildman–Crippen MR) is 107 cm³/mol. The Balaban J connectivity index is -0.00000338. The van der Waals surface area contributed by atoms with Gasteiger partial charge in [0, 0.05) is 5.41 Å². The Labute approximate surface area is 244 Å². The van der Waals surface area contributed by atoms with E-state index in [2.05, 4.69) is 13.8 Å².